The molecular formula is C21H21N3O5. The van der Waals surface area contributed by atoms with Gasteiger partial charge in [-0.2, -0.15) is 0 Å². The Bertz CT molecular complexity index is 1070. The molecule has 0 aliphatic carbocycles. The van der Waals surface area contributed by atoms with Gasteiger partial charge in [-0.05, 0) is 51.0 Å². The second-order valence-electron chi connectivity index (χ2n) is 7.43. The van der Waals surface area contributed by atoms with Crippen molar-refractivity contribution in [1.82, 2.24) is 15.1 Å². The summed E-state index contributed by atoms with van der Waals surface area (Å²) in [6, 6.07) is 7.33. The van der Waals surface area contributed by atoms with Gasteiger partial charge in [-0.25, -0.2) is 0 Å². The van der Waals surface area contributed by atoms with Crippen molar-refractivity contribution in [3.05, 3.63) is 47.2 Å². The van der Waals surface area contributed by atoms with Gasteiger partial charge >= 0.3 is 0 Å². The van der Waals surface area contributed by atoms with E-state index in [2.05, 4.69) is 10.2 Å². The van der Waals surface area contributed by atoms with Gasteiger partial charge in [0.05, 0.1) is 11.5 Å². The van der Waals surface area contributed by atoms with Gasteiger partial charge in [0.15, 0.2) is 11.5 Å². The van der Waals surface area contributed by atoms with Crippen LogP contribution in [0, 0.1) is 13.8 Å². The van der Waals surface area contributed by atoms with Crippen LogP contribution in [0.2, 0.25) is 0 Å². The molecule has 1 aromatic carbocycles. The number of amides is 1. The van der Waals surface area contributed by atoms with Crippen LogP contribution in [0.4, 0.5) is 0 Å². The maximum absolute atomic E-state index is 12.9. The number of aromatic nitrogens is 2. The number of benzene rings is 1. The Kier molecular flexibility index (Phi) is 4.26. The average molecular weight is 395 g/mol. The number of likely N-dealkylation sites (tertiary alicyclic amines) is 1. The average Bonchev–Trinajstić information content (AvgIpc) is 3.46. The highest BCUT2D eigenvalue weighted by atomic mass is 16.7. The summed E-state index contributed by atoms with van der Waals surface area (Å²) in [7, 11) is 0. The molecule has 0 saturated carbocycles. The van der Waals surface area contributed by atoms with E-state index in [1.807, 2.05) is 36.9 Å². The Morgan fingerprint density at radius 1 is 1.10 bits per heavy atom. The third-order valence-electron chi connectivity index (χ3n) is 5.39. The zero-order chi connectivity index (χ0) is 20.0. The lowest BCUT2D eigenvalue weighted by molar-refractivity contribution is 0.0696. The Morgan fingerprint density at radius 2 is 1.97 bits per heavy atom. The first-order valence-electron chi connectivity index (χ1n) is 9.68. The van der Waals surface area contributed by atoms with Gasteiger partial charge in [-0.3, -0.25) is 4.79 Å². The molecule has 2 aliphatic rings. The van der Waals surface area contributed by atoms with Crippen LogP contribution in [-0.2, 0) is 0 Å². The molecule has 150 valence electrons. The molecule has 0 radical (unpaired) electrons. The number of nitrogens with zero attached hydrogens (tertiary/aromatic N) is 3. The van der Waals surface area contributed by atoms with E-state index in [4.69, 9.17) is 18.3 Å². The minimum absolute atomic E-state index is 0.0104. The van der Waals surface area contributed by atoms with Gasteiger partial charge in [0.1, 0.15) is 11.5 Å². The van der Waals surface area contributed by atoms with Gasteiger partial charge < -0.3 is 23.2 Å². The topological polar surface area (TPSA) is 90.8 Å². The van der Waals surface area contributed by atoms with Gasteiger partial charge in [-0.1, -0.05) is 0 Å². The molecule has 1 saturated heterocycles. The molecule has 1 amide bonds. The van der Waals surface area contributed by atoms with E-state index < -0.39 is 0 Å². The number of carbonyl (C=O) groups excluding carboxylic acids is 1. The Morgan fingerprint density at radius 3 is 2.79 bits per heavy atom. The minimum atomic E-state index is -0.0143. The molecule has 0 N–H and O–H groups in total. The number of piperidine rings is 1. The van der Waals surface area contributed by atoms with Gasteiger partial charge in [-0.15, -0.1) is 10.2 Å². The van der Waals surface area contributed by atoms with E-state index in [1.54, 1.807) is 6.07 Å². The zero-order valence-corrected chi connectivity index (χ0v) is 16.3. The number of hydrogen-bond acceptors (Lipinski definition) is 7. The van der Waals surface area contributed by atoms with Crippen LogP contribution in [-0.4, -0.2) is 40.9 Å². The minimum Gasteiger partial charge on any atom is -0.466 e. The van der Waals surface area contributed by atoms with E-state index in [9.17, 15) is 4.79 Å². The molecule has 0 bridgehead atoms. The van der Waals surface area contributed by atoms with E-state index in [0.717, 1.165) is 24.2 Å². The fourth-order valence-electron chi connectivity index (χ4n) is 3.92. The molecule has 3 aromatic rings. The number of furan rings is 1. The summed E-state index contributed by atoms with van der Waals surface area (Å²) in [4.78, 5) is 14.8. The molecule has 1 fully saturated rings. The molecule has 8 heteroatoms. The summed E-state index contributed by atoms with van der Waals surface area (Å²) in [5.74, 6) is 3.75. The summed E-state index contributed by atoms with van der Waals surface area (Å²) in [6.45, 7) is 5.14. The van der Waals surface area contributed by atoms with Crippen molar-refractivity contribution in [2.45, 2.75) is 32.6 Å². The maximum atomic E-state index is 12.9. The quantitative estimate of drug-likeness (QED) is 0.668. The van der Waals surface area contributed by atoms with Crippen LogP contribution in [0.1, 0.15) is 46.5 Å². The van der Waals surface area contributed by atoms with E-state index >= 15 is 0 Å². The van der Waals surface area contributed by atoms with E-state index in [1.165, 1.54) is 0 Å². The molecule has 4 heterocycles. The predicted molar refractivity (Wildman–Crippen MR) is 102 cm³/mol. The van der Waals surface area contributed by atoms with Crippen molar-refractivity contribution < 1.29 is 23.1 Å². The highest BCUT2D eigenvalue weighted by molar-refractivity contribution is 5.95. The zero-order valence-electron chi connectivity index (χ0n) is 16.3. The van der Waals surface area contributed by atoms with Gasteiger partial charge in [0.2, 0.25) is 18.6 Å². The van der Waals surface area contributed by atoms with Crippen molar-refractivity contribution in [2.24, 2.45) is 0 Å². The molecule has 0 spiro atoms. The SMILES string of the molecule is Cc1cc(C(=O)N2CCCC(c3nnc(-c4ccc5c(c4)OCO5)o3)C2)c(C)o1. The summed E-state index contributed by atoms with van der Waals surface area (Å²) in [5.41, 5.74) is 1.40. The molecule has 29 heavy (non-hydrogen) atoms. The van der Waals surface area contributed by atoms with Crippen molar-refractivity contribution in [3.63, 3.8) is 0 Å². The molecule has 5 rings (SSSR count). The molecule has 1 atom stereocenters. The number of aryl methyl sites for hydroxylation is 2. The number of rotatable bonds is 3. The number of fused-ring (bicyclic) bond motifs is 1. The second kappa shape index (κ2) is 6.95. The third-order valence-corrected chi connectivity index (χ3v) is 5.39. The number of carbonyl (C=O) groups is 1. The number of hydrogen-bond donors (Lipinski definition) is 0. The van der Waals surface area contributed by atoms with Crippen molar-refractivity contribution >= 4 is 5.91 Å². The first-order valence-corrected chi connectivity index (χ1v) is 9.68. The molecule has 2 aliphatic heterocycles. The van der Waals surface area contributed by atoms with Crippen molar-refractivity contribution in [2.75, 3.05) is 19.9 Å². The van der Waals surface area contributed by atoms with Crippen molar-refractivity contribution in [3.8, 4) is 23.0 Å². The summed E-state index contributed by atoms with van der Waals surface area (Å²) < 4.78 is 22.2. The summed E-state index contributed by atoms with van der Waals surface area (Å²) in [5, 5.41) is 8.45. The normalized spacial score (nSPS) is 18.3. The molecule has 1 unspecified atom stereocenters. The Hall–Kier alpha value is -3.29. The highest BCUT2D eigenvalue weighted by Gasteiger charge is 2.30. The maximum Gasteiger partial charge on any atom is 0.257 e. The smallest absolute Gasteiger partial charge is 0.257 e. The molecule has 2 aromatic heterocycles. The second-order valence-corrected chi connectivity index (χ2v) is 7.43. The van der Waals surface area contributed by atoms with Crippen LogP contribution in [0.15, 0.2) is 33.1 Å². The van der Waals surface area contributed by atoms with Crippen LogP contribution in [0.25, 0.3) is 11.5 Å². The lowest BCUT2D eigenvalue weighted by Gasteiger charge is -2.31. The molecule has 8 nitrogen and oxygen atoms in total. The Balaban J connectivity index is 1.34. The predicted octanol–water partition coefficient (Wildman–Crippen LogP) is 3.69. The third kappa shape index (κ3) is 3.24. The van der Waals surface area contributed by atoms with Crippen LogP contribution in [0.3, 0.4) is 0 Å². The first kappa shape index (κ1) is 17.8. The highest BCUT2D eigenvalue weighted by Crippen LogP contribution is 2.36. The largest absolute Gasteiger partial charge is 0.466 e. The van der Waals surface area contributed by atoms with Crippen LogP contribution >= 0.6 is 0 Å². The van der Waals surface area contributed by atoms with Crippen LogP contribution in [0.5, 0.6) is 11.5 Å². The molecular weight excluding hydrogens is 374 g/mol. The number of ether oxygens (including phenoxy) is 2. The lowest BCUT2D eigenvalue weighted by Crippen LogP contribution is -2.39. The monoisotopic (exact) mass is 395 g/mol. The fourth-order valence-corrected chi connectivity index (χ4v) is 3.92. The van der Waals surface area contributed by atoms with Gasteiger partial charge in [0.25, 0.3) is 5.91 Å². The van der Waals surface area contributed by atoms with E-state index in [-0.39, 0.29) is 18.6 Å². The lowest BCUT2D eigenvalue weighted by atomic mass is 9.97. The first-order chi connectivity index (χ1) is 14.1. The summed E-state index contributed by atoms with van der Waals surface area (Å²) >= 11 is 0. The fraction of sp³-hybridized carbons (Fsp3) is 0.381. The Labute approximate surface area is 167 Å². The summed E-state index contributed by atoms with van der Waals surface area (Å²) in [6.07, 6.45) is 1.78. The van der Waals surface area contributed by atoms with E-state index in [0.29, 0.717) is 47.7 Å². The standard InChI is InChI=1S/C21H21N3O5/c1-12-8-16(13(2)28-12)21(25)24-7-3-4-15(10-24)20-23-22-19(29-20)14-5-6-17-18(9-14)27-11-26-17/h5-6,8-9,15H,3-4,7,10-11H2,1-2H3. The van der Waals surface area contributed by atoms with Crippen molar-refractivity contribution in [1.29, 1.82) is 0 Å². The van der Waals surface area contributed by atoms with Gasteiger partial charge in [0, 0.05) is 18.7 Å². The van der Waals surface area contributed by atoms with Crippen LogP contribution < -0.4 is 9.47 Å².